The molecular weight excluding hydrogens is 330 g/mol. The van der Waals surface area contributed by atoms with Crippen LogP contribution in [0.15, 0.2) is 60.2 Å². The molecule has 0 atom stereocenters. The van der Waals surface area contributed by atoms with Crippen LogP contribution in [0, 0.1) is 0 Å². The minimum Gasteiger partial charge on any atom is -0.507 e. The number of allylic oxidation sites excluding steroid dienone is 1. The molecule has 0 aliphatic carbocycles. The molecule has 132 valence electrons. The van der Waals surface area contributed by atoms with Gasteiger partial charge in [0, 0.05) is 12.0 Å². The van der Waals surface area contributed by atoms with Crippen LogP contribution >= 0.6 is 0 Å². The maximum Gasteiger partial charge on any atom is 0.241 e. The van der Waals surface area contributed by atoms with E-state index < -0.39 is 0 Å². The largest absolute Gasteiger partial charge is 0.507 e. The fourth-order valence-corrected chi connectivity index (χ4v) is 2.56. The monoisotopic (exact) mass is 349 g/mol. The van der Waals surface area contributed by atoms with Crippen molar-refractivity contribution in [2.24, 2.45) is 5.10 Å². The molecule has 1 aromatic heterocycles. The number of hydrogen-bond donors (Lipinski definition) is 2. The lowest BCUT2D eigenvalue weighted by atomic mass is 10.1. The van der Waals surface area contributed by atoms with Gasteiger partial charge in [0.2, 0.25) is 5.91 Å². The molecule has 1 amide bonds. The minimum absolute atomic E-state index is 0.138. The van der Waals surface area contributed by atoms with Crippen LogP contribution in [0.5, 0.6) is 5.75 Å². The van der Waals surface area contributed by atoms with Gasteiger partial charge in [-0.1, -0.05) is 35.6 Å². The van der Waals surface area contributed by atoms with Crippen molar-refractivity contribution in [1.82, 2.24) is 20.4 Å². The van der Waals surface area contributed by atoms with E-state index >= 15 is 0 Å². The quantitative estimate of drug-likeness (QED) is 0.389. The molecule has 3 aromatic rings. The topological polar surface area (TPSA) is 92.4 Å². The number of para-hydroxylation sites is 2. The lowest BCUT2D eigenvalue weighted by molar-refractivity contribution is -0.121. The third-order valence-electron chi connectivity index (χ3n) is 3.88. The van der Waals surface area contributed by atoms with E-state index in [0.29, 0.717) is 18.5 Å². The second-order valence-electron chi connectivity index (χ2n) is 5.69. The zero-order valence-electron chi connectivity index (χ0n) is 14.2. The Kier molecular flexibility index (Phi) is 5.38. The van der Waals surface area contributed by atoms with Crippen LogP contribution < -0.4 is 5.43 Å². The maximum atomic E-state index is 12.0. The Labute approximate surface area is 150 Å². The number of amides is 1. The summed E-state index contributed by atoms with van der Waals surface area (Å²) in [7, 11) is 0. The number of carbonyl (C=O) groups is 1. The molecule has 0 saturated carbocycles. The lowest BCUT2D eigenvalue weighted by Gasteiger charge is -2.05. The molecule has 0 aliphatic rings. The average molecular weight is 349 g/mol. The van der Waals surface area contributed by atoms with E-state index in [1.165, 1.54) is 6.21 Å². The normalized spacial score (nSPS) is 11.1. The molecular formula is C19H19N5O2. The number of rotatable bonds is 7. The first-order valence-corrected chi connectivity index (χ1v) is 8.21. The number of nitrogens with one attached hydrogen (secondary N) is 1. The number of nitrogens with zero attached hydrogens (tertiary/aromatic N) is 4. The molecule has 0 fully saturated rings. The van der Waals surface area contributed by atoms with Gasteiger partial charge in [-0.25, -0.2) is 10.1 Å². The molecule has 0 bridgehead atoms. The fourth-order valence-electron chi connectivity index (χ4n) is 2.56. The second kappa shape index (κ2) is 8.06. The number of carbonyl (C=O) groups excluding carboxylic acids is 1. The number of benzene rings is 2. The van der Waals surface area contributed by atoms with Crippen molar-refractivity contribution in [3.8, 4) is 5.75 Å². The van der Waals surface area contributed by atoms with E-state index in [4.69, 9.17) is 0 Å². The highest BCUT2D eigenvalue weighted by molar-refractivity contribution is 5.85. The predicted octanol–water partition coefficient (Wildman–Crippen LogP) is 2.41. The van der Waals surface area contributed by atoms with Gasteiger partial charge in [-0.2, -0.15) is 5.10 Å². The van der Waals surface area contributed by atoms with Crippen molar-refractivity contribution >= 4 is 23.2 Å². The Balaban J connectivity index is 1.56. The molecule has 0 aliphatic heterocycles. The number of hydrogen-bond acceptors (Lipinski definition) is 5. The zero-order chi connectivity index (χ0) is 18.4. The second-order valence-corrected chi connectivity index (χ2v) is 5.69. The van der Waals surface area contributed by atoms with Gasteiger partial charge in [-0.15, -0.1) is 11.7 Å². The first kappa shape index (κ1) is 17.3. The Morgan fingerprint density at radius 3 is 2.96 bits per heavy atom. The van der Waals surface area contributed by atoms with Crippen molar-refractivity contribution < 1.29 is 9.90 Å². The van der Waals surface area contributed by atoms with Crippen LogP contribution in [0.25, 0.3) is 11.0 Å². The molecule has 3 rings (SSSR count). The van der Waals surface area contributed by atoms with Gasteiger partial charge in [0.25, 0.3) is 0 Å². The molecule has 0 unspecified atom stereocenters. The molecule has 26 heavy (non-hydrogen) atoms. The number of aryl methyl sites for hydroxylation is 1. The molecule has 1 heterocycles. The Bertz CT molecular complexity index is 961. The van der Waals surface area contributed by atoms with Crippen LogP contribution in [0.3, 0.4) is 0 Å². The van der Waals surface area contributed by atoms with Crippen LogP contribution in [0.2, 0.25) is 0 Å². The van der Waals surface area contributed by atoms with Crippen molar-refractivity contribution in [3.63, 3.8) is 0 Å². The highest BCUT2D eigenvalue weighted by Crippen LogP contribution is 2.21. The summed E-state index contributed by atoms with van der Waals surface area (Å²) in [5.74, 6) is -0.109. The van der Waals surface area contributed by atoms with Gasteiger partial charge < -0.3 is 5.11 Å². The van der Waals surface area contributed by atoms with Crippen molar-refractivity contribution in [3.05, 3.63) is 66.2 Å². The summed E-state index contributed by atoms with van der Waals surface area (Å²) in [5.41, 5.74) is 5.42. The molecule has 2 aromatic carbocycles. The van der Waals surface area contributed by atoms with Gasteiger partial charge in [0.1, 0.15) is 11.3 Å². The standard InChI is InChI=1S/C19H19N5O2/c1-2-6-14-7-5-8-15(19(14)26)13-20-22-18(25)11-12-24-17-10-4-3-9-16(17)21-23-24/h2-5,7-10,13,26H,1,6,11-12H2,(H,22,25)/b20-13+. The number of phenols is 1. The predicted molar refractivity (Wildman–Crippen MR) is 99.9 cm³/mol. The van der Waals surface area contributed by atoms with Crippen molar-refractivity contribution in [2.75, 3.05) is 0 Å². The van der Waals surface area contributed by atoms with Crippen LogP contribution in [0.1, 0.15) is 17.5 Å². The highest BCUT2D eigenvalue weighted by Gasteiger charge is 2.07. The fraction of sp³-hybridized carbons (Fsp3) is 0.158. The number of hydrazone groups is 1. The highest BCUT2D eigenvalue weighted by atomic mass is 16.3. The van der Waals surface area contributed by atoms with E-state index in [9.17, 15) is 9.90 Å². The summed E-state index contributed by atoms with van der Waals surface area (Å²) in [6.07, 6.45) is 3.91. The Hall–Kier alpha value is -3.48. The van der Waals surface area contributed by atoms with Gasteiger partial charge >= 0.3 is 0 Å². The first-order valence-electron chi connectivity index (χ1n) is 8.21. The summed E-state index contributed by atoms with van der Waals surface area (Å²) in [6, 6.07) is 12.9. The summed E-state index contributed by atoms with van der Waals surface area (Å²) >= 11 is 0. The third-order valence-corrected chi connectivity index (χ3v) is 3.88. The molecule has 0 spiro atoms. The summed E-state index contributed by atoms with van der Waals surface area (Å²) in [4.78, 5) is 12.0. The van der Waals surface area contributed by atoms with Crippen LogP contribution in [0.4, 0.5) is 0 Å². The number of fused-ring (bicyclic) bond motifs is 1. The van der Waals surface area contributed by atoms with E-state index in [1.54, 1.807) is 16.8 Å². The van der Waals surface area contributed by atoms with Gasteiger partial charge in [0.05, 0.1) is 18.3 Å². The molecule has 7 nitrogen and oxygen atoms in total. The van der Waals surface area contributed by atoms with Gasteiger partial charge in [-0.3, -0.25) is 4.79 Å². The molecule has 7 heteroatoms. The maximum absolute atomic E-state index is 12.0. The first-order chi connectivity index (χ1) is 12.7. The van der Waals surface area contributed by atoms with Crippen molar-refractivity contribution in [2.45, 2.75) is 19.4 Å². The number of phenolic OH excluding ortho intramolecular Hbond substituents is 1. The minimum atomic E-state index is -0.248. The third kappa shape index (κ3) is 3.94. The van der Waals surface area contributed by atoms with Crippen LogP contribution in [-0.4, -0.2) is 32.2 Å². The Morgan fingerprint density at radius 2 is 2.12 bits per heavy atom. The molecule has 0 radical (unpaired) electrons. The van der Waals surface area contributed by atoms with Gasteiger partial charge in [0.15, 0.2) is 0 Å². The van der Waals surface area contributed by atoms with Crippen LogP contribution in [-0.2, 0) is 17.8 Å². The molecule has 2 N–H and O–H groups in total. The van der Waals surface area contributed by atoms with Crippen molar-refractivity contribution in [1.29, 1.82) is 0 Å². The summed E-state index contributed by atoms with van der Waals surface area (Å²) in [6.45, 7) is 4.06. The zero-order valence-corrected chi connectivity index (χ0v) is 14.2. The smallest absolute Gasteiger partial charge is 0.241 e. The van der Waals surface area contributed by atoms with E-state index in [1.807, 2.05) is 36.4 Å². The number of aromatic nitrogens is 3. The lowest BCUT2D eigenvalue weighted by Crippen LogP contribution is -2.19. The average Bonchev–Trinajstić information content (AvgIpc) is 3.06. The summed E-state index contributed by atoms with van der Waals surface area (Å²) in [5, 5.41) is 22.1. The van der Waals surface area contributed by atoms with Gasteiger partial charge in [-0.05, 0) is 30.2 Å². The van der Waals surface area contributed by atoms with E-state index in [0.717, 1.165) is 16.6 Å². The SMILES string of the molecule is C=CCc1cccc(/C=N/NC(=O)CCn2nnc3ccccc32)c1O. The van der Waals surface area contributed by atoms with E-state index in [2.05, 4.69) is 27.4 Å². The Morgan fingerprint density at radius 1 is 1.27 bits per heavy atom. The molecule has 0 saturated heterocycles. The summed E-state index contributed by atoms with van der Waals surface area (Å²) < 4.78 is 1.68. The van der Waals surface area contributed by atoms with E-state index in [-0.39, 0.29) is 18.1 Å². The number of aromatic hydroxyl groups is 1.